The van der Waals surface area contributed by atoms with Crippen LogP contribution in [0.15, 0.2) is 0 Å². The van der Waals surface area contributed by atoms with E-state index in [1.807, 2.05) is 0 Å². The first kappa shape index (κ1) is 6.71. The summed E-state index contributed by atoms with van der Waals surface area (Å²) in [5, 5.41) is 8.54. The van der Waals surface area contributed by atoms with Gasteiger partial charge in [0.05, 0.1) is 12.7 Å². The Morgan fingerprint density at radius 2 is 2.44 bits per heavy atom. The van der Waals surface area contributed by atoms with Gasteiger partial charge in [0.1, 0.15) is 12.4 Å². The zero-order chi connectivity index (χ0) is 6.69. The fraction of sp³-hybridized carbons (Fsp3) is 0.833. The highest BCUT2D eigenvalue weighted by Gasteiger charge is 2.23. The van der Waals surface area contributed by atoms with Crippen molar-refractivity contribution in [2.45, 2.75) is 25.0 Å². The zero-order valence-corrected chi connectivity index (χ0v) is 5.12. The number of ether oxygens (including phenoxy) is 1. The lowest BCUT2D eigenvalue weighted by Gasteiger charge is -2.04. The quantitative estimate of drug-likeness (QED) is 0.523. The normalized spacial score (nSPS) is 34.8. The molecule has 3 nitrogen and oxygen atoms in total. The molecule has 52 valence electrons. The maximum absolute atomic E-state index is 10.1. The molecule has 1 rings (SSSR count). The van der Waals surface area contributed by atoms with Crippen LogP contribution in [0.5, 0.6) is 0 Å². The van der Waals surface area contributed by atoms with Crippen molar-refractivity contribution in [3.8, 4) is 0 Å². The first-order chi connectivity index (χ1) is 4.36. The maximum atomic E-state index is 10.1. The van der Waals surface area contributed by atoms with E-state index in [0.717, 1.165) is 19.1 Å². The molecule has 1 heterocycles. The lowest BCUT2D eigenvalue weighted by molar-refractivity contribution is -0.118. The van der Waals surface area contributed by atoms with Crippen LogP contribution < -0.4 is 0 Å². The molecule has 0 spiro atoms. The number of carbonyl (C=O) groups excluding carboxylic acids is 1. The molecule has 0 amide bonds. The summed E-state index contributed by atoms with van der Waals surface area (Å²) >= 11 is 0. The van der Waals surface area contributed by atoms with E-state index in [0.29, 0.717) is 0 Å². The van der Waals surface area contributed by atoms with Gasteiger partial charge in [-0.3, -0.25) is 0 Å². The van der Waals surface area contributed by atoms with Gasteiger partial charge in [0.25, 0.3) is 0 Å². The Morgan fingerprint density at radius 3 is 2.78 bits per heavy atom. The summed E-state index contributed by atoms with van der Waals surface area (Å²) in [5.74, 6) is 0. The van der Waals surface area contributed by atoms with Crippen molar-refractivity contribution in [1.29, 1.82) is 0 Å². The summed E-state index contributed by atoms with van der Waals surface area (Å²) in [5.41, 5.74) is 0. The highest BCUT2D eigenvalue weighted by atomic mass is 16.5. The molecule has 1 N–H and O–H groups in total. The average molecular weight is 130 g/mol. The molecule has 0 saturated carbocycles. The molecule has 9 heavy (non-hydrogen) atoms. The molecular formula is C6H10O3. The number of hydrogen-bond donors (Lipinski definition) is 1. The fourth-order valence-electron chi connectivity index (χ4n) is 0.968. The van der Waals surface area contributed by atoms with Crippen LogP contribution in [0.25, 0.3) is 0 Å². The Labute approximate surface area is 53.6 Å². The van der Waals surface area contributed by atoms with Crippen molar-refractivity contribution in [1.82, 2.24) is 0 Å². The average Bonchev–Trinajstić information content (AvgIpc) is 2.34. The Hall–Kier alpha value is -0.410. The van der Waals surface area contributed by atoms with Crippen LogP contribution >= 0.6 is 0 Å². The topological polar surface area (TPSA) is 46.5 Å². The summed E-state index contributed by atoms with van der Waals surface area (Å²) in [6.07, 6.45) is 1.99. The van der Waals surface area contributed by atoms with Crippen LogP contribution in [-0.4, -0.2) is 30.2 Å². The van der Waals surface area contributed by atoms with Crippen LogP contribution in [-0.2, 0) is 9.53 Å². The van der Waals surface area contributed by atoms with Crippen molar-refractivity contribution in [2.24, 2.45) is 0 Å². The molecule has 0 aromatic carbocycles. The highest BCUT2D eigenvalue weighted by molar-refractivity contribution is 5.56. The first-order valence-corrected chi connectivity index (χ1v) is 3.08. The third-order valence-electron chi connectivity index (χ3n) is 1.50. The van der Waals surface area contributed by atoms with E-state index in [4.69, 9.17) is 9.84 Å². The fourth-order valence-corrected chi connectivity index (χ4v) is 0.968. The summed E-state index contributed by atoms with van der Waals surface area (Å²) in [6.45, 7) is 0.0321. The predicted octanol–water partition coefficient (Wildman–Crippen LogP) is -0.275. The maximum Gasteiger partial charge on any atom is 0.148 e. The van der Waals surface area contributed by atoms with Crippen LogP contribution in [0.1, 0.15) is 12.8 Å². The molecular weight excluding hydrogens is 120 g/mol. The van der Waals surface area contributed by atoms with Gasteiger partial charge in [0, 0.05) is 0 Å². The van der Waals surface area contributed by atoms with Gasteiger partial charge in [0.2, 0.25) is 0 Å². The third-order valence-corrected chi connectivity index (χ3v) is 1.50. The van der Waals surface area contributed by atoms with Crippen molar-refractivity contribution in [3.63, 3.8) is 0 Å². The third kappa shape index (κ3) is 1.50. The van der Waals surface area contributed by atoms with E-state index in [1.54, 1.807) is 0 Å². The van der Waals surface area contributed by atoms with Gasteiger partial charge in [0.15, 0.2) is 0 Å². The molecule has 0 aromatic heterocycles. The first-order valence-electron chi connectivity index (χ1n) is 3.08. The predicted molar refractivity (Wildman–Crippen MR) is 31.0 cm³/mol. The van der Waals surface area contributed by atoms with Gasteiger partial charge in [-0.2, -0.15) is 0 Å². The number of aldehydes is 1. The van der Waals surface area contributed by atoms with Crippen molar-refractivity contribution >= 4 is 6.29 Å². The van der Waals surface area contributed by atoms with Gasteiger partial charge >= 0.3 is 0 Å². The molecule has 1 aliphatic heterocycles. The Balaban J connectivity index is 2.28. The van der Waals surface area contributed by atoms with Crippen LogP contribution in [0, 0.1) is 0 Å². The summed E-state index contributed by atoms with van der Waals surface area (Å²) in [6, 6.07) is 0. The van der Waals surface area contributed by atoms with Gasteiger partial charge < -0.3 is 14.6 Å². The summed E-state index contributed by atoms with van der Waals surface area (Å²) in [4.78, 5) is 10.1. The zero-order valence-electron chi connectivity index (χ0n) is 5.12. The minimum absolute atomic E-state index is 0.0321. The molecule has 3 heteroatoms. The molecule has 1 fully saturated rings. The van der Waals surface area contributed by atoms with Crippen molar-refractivity contribution in [2.75, 3.05) is 6.61 Å². The Bertz CT molecular complexity index is 102. The molecule has 1 unspecified atom stereocenters. The monoisotopic (exact) mass is 130 g/mol. The molecule has 0 aliphatic carbocycles. The number of rotatable bonds is 2. The SMILES string of the molecule is O=CC1CC[C@H](CO)O1. The van der Waals surface area contributed by atoms with E-state index in [9.17, 15) is 4.79 Å². The van der Waals surface area contributed by atoms with Crippen LogP contribution in [0.3, 0.4) is 0 Å². The smallest absolute Gasteiger partial charge is 0.148 e. The van der Waals surface area contributed by atoms with E-state index >= 15 is 0 Å². The Morgan fingerprint density at radius 1 is 1.67 bits per heavy atom. The largest absolute Gasteiger partial charge is 0.394 e. The molecule has 2 atom stereocenters. The van der Waals surface area contributed by atoms with Crippen molar-refractivity contribution in [3.05, 3.63) is 0 Å². The van der Waals surface area contributed by atoms with E-state index in [2.05, 4.69) is 0 Å². The second-order valence-electron chi connectivity index (χ2n) is 2.19. The molecule has 0 aromatic rings. The molecule has 1 aliphatic rings. The lowest BCUT2D eigenvalue weighted by Crippen LogP contribution is -2.14. The van der Waals surface area contributed by atoms with Crippen LogP contribution in [0.2, 0.25) is 0 Å². The van der Waals surface area contributed by atoms with Gasteiger partial charge in [-0.1, -0.05) is 0 Å². The van der Waals surface area contributed by atoms with Crippen LogP contribution in [0.4, 0.5) is 0 Å². The summed E-state index contributed by atoms with van der Waals surface area (Å²) in [7, 11) is 0. The van der Waals surface area contributed by atoms with Crippen molar-refractivity contribution < 1.29 is 14.6 Å². The highest BCUT2D eigenvalue weighted by Crippen LogP contribution is 2.16. The van der Waals surface area contributed by atoms with Gasteiger partial charge in [-0.15, -0.1) is 0 Å². The van der Waals surface area contributed by atoms with Gasteiger partial charge in [-0.05, 0) is 12.8 Å². The number of hydrogen-bond acceptors (Lipinski definition) is 3. The van der Waals surface area contributed by atoms with Gasteiger partial charge in [-0.25, -0.2) is 0 Å². The lowest BCUT2D eigenvalue weighted by atomic mass is 10.2. The number of aliphatic hydroxyl groups is 1. The van der Waals surface area contributed by atoms with E-state index in [-0.39, 0.29) is 18.8 Å². The summed E-state index contributed by atoms with van der Waals surface area (Å²) < 4.78 is 5.04. The second kappa shape index (κ2) is 2.94. The number of aliphatic hydroxyl groups excluding tert-OH is 1. The van der Waals surface area contributed by atoms with E-state index < -0.39 is 0 Å². The molecule has 0 bridgehead atoms. The minimum atomic E-state index is -0.262. The Kier molecular flexibility index (Phi) is 2.19. The van der Waals surface area contributed by atoms with E-state index in [1.165, 1.54) is 0 Å². The molecule has 1 saturated heterocycles. The second-order valence-corrected chi connectivity index (χ2v) is 2.19. The molecule has 0 radical (unpaired) electrons. The standard InChI is InChI=1S/C6H10O3/c7-3-5-1-2-6(4-8)9-5/h3,5-6,8H,1-2,4H2/t5?,6-/m1/s1. The minimum Gasteiger partial charge on any atom is -0.394 e. The number of carbonyl (C=O) groups is 1.